The molecule has 0 spiro atoms. The van der Waals surface area contributed by atoms with Crippen molar-refractivity contribution in [1.82, 2.24) is 9.88 Å². The number of aldehydes is 1. The highest BCUT2D eigenvalue weighted by Crippen LogP contribution is 2.24. The maximum absolute atomic E-state index is 11.0. The third-order valence-electron chi connectivity index (χ3n) is 3.69. The number of carbonyl (C=O) groups is 1. The normalized spacial score (nSPS) is 17.3. The molecule has 0 saturated carbocycles. The molecule has 0 atom stereocenters. The fourth-order valence-electron chi connectivity index (χ4n) is 2.49. The third kappa shape index (κ3) is 1.88. The Kier molecular flexibility index (Phi) is 2.80. The van der Waals surface area contributed by atoms with E-state index in [0.29, 0.717) is 0 Å². The number of aromatic nitrogens is 1. The molecule has 0 bridgehead atoms. The van der Waals surface area contributed by atoms with E-state index in [0.717, 1.165) is 48.9 Å². The standard InChI is InChI=1S/C14H17N3O/c1-16-4-6-17(7-5-16)12-2-3-14-13(8-12)11(10-18)9-15-14/h2-3,8-10,15H,4-7H2,1H3. The number of carbonyl (C=O) groups excluding carboxylic acids is 1. The van der Waals surface area contributed by atoms with E-state index in [9.17, 15) is 4.79 Å². The van der Waals surface area contributed by atoms with Crippen LogP contribution in [-0.2, 0) is 0 Å². The van der Waals surface area contributed by atoms with Gasteiger partial charge in [0.05, 0.1) is 0 Å². The third-order valence-corrected chi connectivity index (χ3v) is 3.69. The molecule has 4 heteroatoms. The summed E-state index contributed by atoms with van der Waals surface area (Å²) in [7, 11) is 2.15. The Balaban J connectivity index is 1.94. The van der Waals surface area contributed by atoms with Gasteiger partial charge in [0.15, 0.2) is 6.29 Å². The van der Waals surface area contributed by atoms with Crippen LogP contribution in [0.15, 0.2) is 24.4 Å². The summed E-state index contributed by atoms with van der Waals surface area (Å²) in [4.78, 5) is 18.8. The molecular weight excluding hydrogens is 226 g/mol. The maximum Gasteiger partial charge on any atom is 0.152 e. The van der Waals surface area contributed by atoms with Gasteiger partial charge >= 0.3 is 0 Å². The minimum Gasteiger partial charge on any atom is -0.369 e. The number of aromatic amines is 1. The van der Waals surface area contributed by atoms with Crippen LogP contribution in [0, 0.1) is 0 Å². The van der Waals surface area contributed by atoms with E-state index in [2.05, 4.69) is 40.0 Å². The minimum atomic E-state index is 0.737. The van der Waals surface area contributed by atoms with Gasteiger partial charge in [-0.15, -0.1) is 0 Å². The van der Waals surface area contributed by atoms with E-state index in [4.69, 9.17) is 0 Å². The smallest absolute Gasteiger partial charge is 0.152 e. The van der Waals surface area contributed by atoms with Crippen LogP contribution in [0.2, 0.25) is 0 Å². The lowest BCUT2D eigenvalue weighted by Crippen LogP contribution is -2.44. The summed E-state index contributed by atoms with van der Waals surface area (Å²) in [5, 5.41) is 1.02. The van der Waals surface area contributed by atoms with Crippen LogP contribution in [0.25, 0.3) is 10.9 Å². The Bertz CT molecular complexity index is 567. The fraction of sp³-hybridized carbons (Fsp3) is 0.357. The summed E-state index contributed by atoms with van der Waals surface area (Å²) < 4.78 is 0. The molecule has 18 heavy (non-hydrogen) atoms. The highest BCUT2D eigenvalue weighted by atomic mass is 16.1. The van der Waals surface area contributed by atoms with Crippen molar-refractivity contribution in [2.45, 2.75) is 0 Å². The van der Waals surface area contributed by atoms with Gasteiger partial charge in [0.2, 0.25) is 0 Å². The monoisotopic (exact) mass is 243 g/mol. The van der Waals surface area contributed by atoms with Crippen molar-refractivity contribution in [2.75, 3.05) is 38.1 Å². The van der Waals surface area contributed by atoms with Gasteiger partial charge in [0, 0.05) is 54.5 Å². The highest BCUT2D eigenvalue weighted by Gasteiger charge is 2.15. The largest absolute Gasteiger partial charge is 0.369 e. The molecule has 2 heterocycles. The number of likely N-dealkylation sites (N-methyl/N-ethyl adjacent to an activating group) is 1. The minimum absolute atomic E-state index is 0.737. The van der Waals surface area contributed by atoms with Gasteiger partial charge in [-0.3, -0.25) is 4.79 Å². The number of piperazine rings is 1. The number of rotatable bonds is 2. The molecule has 1 aliphatic heterocycles. The van der Waals surface area contributed by atoms with Crippen LogP contribution in [0.4, 0.5) is 5.69 Å². The summed E-state index contributed by atoms with van der Waals surface area (Å²) in [6.07, 6.45) is 2.68. The first-order valence-electron chi connectivity index (χ1n) is 6.28. The Morgan fingerprint density at radius 2 is 2.00 bits per heavy atom. The molecule has 4 nitrogen and oxygen atoms in total. The number of hydrogen-bond donors (Lipinski definition) is 1. The molecule has 94 valence electrons. The van der Waals surface area contributed by atoms with Gasteiger partial charge in [-0.05, 0) is 25.2 Å². The Morgan fingerprint density at radius 1 is 1.22 bits per heavy atom. The molecule has 0 radical (unpaired) electrons. The van der Waals surface area contributed by atoms with Crippen LogP contribution in [-0.4, -0.2) is 49.4 Å². The molecule has 1 saturated heterocycles. The molecule has 1 fully saturated rings. The van der Waals surface area contributed by atoms with Crippen molar-refractivity contribution < 1.29 is 4.79 Å². The van der Waals surface area contributed by atoms with Gasteiger partial charge in [-0.1, -0.05) is 0 Å². The zero-order valence-corrected chi connectivity index (χ0v) is 10.5. The Morgan fingerprint density at radius 3 is 2.72 bits per heavy atom. The number of benzene rings is 1. The summed E-state index contributed by atoms with van der Waals surface area (Å²) in [6, 6.07) is 6.29. The average Bonchev–Trinajstić information content (AvgIpc) is 2.81. The molecule has 1 aromatic carbocycles. The van der Waals surface area contributed by atoms with E-state index < -0.39 is 0 Å². The Hall–Kier alpha value is -1.81. The topological polar surface area (TPSA) is 39.3 Å². The summed E-state index contributed by atoms with van der Waals surface area (Å²) >= 11 is 0. The Labute approximate surface area is 106 Å². The second kappa shape index (κ2) is 4.46. The second-order valence-electron chi connectivity index (χ2n) is 4.88. The molecule has 0 unspecified atom stereocenters. The molecule has 1 aliphatic rings. The molecule has 1 aromatic heterocycles. The SMILES string of the molecule is CN1CCN(c2ccc3[nH]cc(C=O)c3c2)CC1. The van der Waals surface area contributed by atoms with Crippen LogP contribution >= 0.6 is 0 Å². The first-order valence-corrected chi connectivity index (χ1v) is 6.28. The molecule has 3 rings (SSSR count). The number of nitrogens with one attached hydrogen (secondary N) is 1. The molecule has 2 aromatic rings. The van der Waals surface area contributed by atoms with Gasteiger partial charge in [-0.25, -0.2) is 0 Å². The van der Waals surface area contributed by atoms with Crippen LogP contribution in [0.1, 0.15) is 10.4 Å². The van der Waals surface area contributed by atoms with E-state index in [1.54, 1.807) is 6.20 Å². The number of H-pyrrole nitrogens is 1. The number of anilines is 1. The first kappa shape index (κ1) is 11.3. The van der Waals surface area contributed by atoms with Crippen molar-refractivity contribution in [3.63, 3.8) is 0 Å². The number of fused-ring (bicyclic) bond motifs is 1. The van der Waals surface area contributed by atoms with Crippen LogP contribution < -0.4 is 4.90 Å². The van der Waals surface area contributed by atoms with E-state index in [1.165, 1.54) is 5.69 Å². The van der Waals surface area contributed by atoms with Gasteiger partial charge in [-0.2, -0.15) is 0 Å². The van der Waals surface area contributed by atoms with Gasteiger partial charge in [0.1, 0.15) is 0 Å². The zero-order chi connectivity index (χ0) is 12.5. The predicted molar refractivity (Wildman–Crippen MR) is 73.4 cm³/mol. The molecule has 1 N–H and O–H groups in total. The average molecular weight is 243 g/mol. The number of nitrogens with zero attached hydrogens (tertiary/aromatic N) is 2. The maximum atomic E-state index is 11.0. The lowest BCUT2D eigenvalue weighted by molar-refractivity contribution is 0.112. The van der Waals surface area contributed by atoms with E-state index >= 15 is 0 Å². The number of hydrogen-bond acceptors (Lipinski definition) is 3. The summed E-state index contributed by atoms with van der Waals surface area (Å²) in [5.74, 6) is 0. The fourth-order valence-corrected chi connectivity index (χ4v) is 2.49. The van der Waals surface area contributed by atoms with Crippen LogP contribution in [0.3, 0.4) is 0 Å². The molecule has 0 aliphatic carbocycles. The zero-order valence-electron chi connectivity index (χ0n) is 10.5. The highest BCUT2D eigenvalue weighted by molar-refractivity contribution is 5.98. The van der Waals surface area contributed by atoms with Gasteiger partial charge in [0.25, 0.3) is 0 Å². The van der Waals surface area contributed by atoms with Gasteiger partial charge < -0.3 is 14.8 Å². The second-order valence-corrected chi connectivity index (χ2v) is 4.88. The molecular formula is C14H17N3O. The van der Waals surface area contributed by atoms with Crippen molar-refractivity contribution in [3.8, 4) is 0 Å². The summed E-state index contributed by atoms with van der Waals surface area (Å²) in [5.41, 5.74) is 2.97. The van der Waals surface area contributed by atoms with E-state index in [1.807, 2.05) is 0 Å². The van der Waals surface area contributed by atoms with E-state index in [-0.39, 0.29) is 0 Å². The van der Waals surface area contributed by atoms with Crippen LogP contribution in [0.5, 0.6) is 0 Å². The lowest BCUT2D eigenvalue weighted by Gasteiger charge is -2.34. The summed E-state index contributed by atoms with van der Waals surface area (Å²) in [6.45, 7) is 4.27. The quantitative estimate of drug-likeness (QED) is 0.817. The lowest BCUT2D eigenvalue weighted by atomic mass is 10.1. The van der Waals surface area contributed by atoms with Crippen molar-refractivity contribution >= 4 is 22.9 Å². The van der Waals surface area contributed by atoms with Crippen molar-refractivity contribution in [1.29, 1.82) is 0 Å². The first-order chi connectivity index (χ1) is 8.78. The van der Waals surface area contributed by atoms with Crippen molar-refractivity contribution in [3.05, 3.63) is 30.0 Å². The molecule has 0 amide bonds. The predicted octanol–water partition coefficient (Wildman–Crippen LogP) is 1.73. The van der Waals surface area contributed by atoms with Crippen molar-refractivity contribution in [2.24, 2.45) is 0 Å².